The molecule has 0 unspecified atom stereocenters. The highest BCUT2D eigenvalue weighted by Gasteiger charge is 2.24. The zero-order valence-electron chi connectivity index (χ0n) is 15.8. The molecule has 0 aliphatic rings. The number of nitrogens with zero attached hydrogens (tertiary/aromatic N) is 6. The van der Waals surface area contributed by atoms with E-state index < -0.39 is 12.0 Å². The highest BCUT2D eigenvalue weighted by Crippen LogP contribution is 2.26. The van der Waals surface area contributed by atoms with Gasteiger partial charge in [-0.3, -0.25) is 4.79 Å². The maximum absolute atomic E-state index is 12.7. The second-order valence-electron chi connectivity index (χ2n) is 6.25. The van der Waals surface area contributed by atoms with E-state index in [0.29, 0.717) is 32.7 Å². The SMILES string of the molecule is O=C(Nc1ccc(Cl)cn1)[C@H](CCO)Oc1ncnc2c1cnn2-c1ncccc1Cl. The van der Waals surface area contributed by atoms with Crippen molar-refractivity contribution < 1.29 is 14.6 Å². The van der Waals surface area contributed by atoms with Gasteiger partial charge in [-0.2, -0.15) is 9.78 Å². The van der Waals surface area contributed by atoms with Gasteiger partial charge < -0.3 is 15.2 Å². The Labute approximate surface area is 185 Å². The molecule has 0 aliphatic heterocycles. The second-order valence-corrected chi connectivity index (χ2v) is 7.09. The summed E-state index contributed by atoms with van der Waals surface area (Å²) in [6, 6.07) is 6.54. The fourth-order valence-electron chi connectivity index (χ4n) is 2.76. The minimum atomic E-state index is -1.04. The number of pyridine rings is 2. The number of fused-ring (bicyclic) bond motifs is 1. The van der Waals surface area contributed by atoms with Crippen LogP contribution in [0.4, 0.5) is 5.82 Å². The lowest BCUT2D eigenvalue weighted by molar-refractivity contribution is -0.123. The molecule has 0 saturated carbocycles. The first-order valence-corrected chi connectivity index (χ1v) is 9.82. The minimum absolute atomic E-state index is 0.0329. The van der Waals surface area contributed by atoms with Crippen molar-refractivity contribution in [1.82, 2.24) is 29.7 Å². The van der Waals surface area contributed by atoms with Gasteiger partial charge in [-0.1, -0.05) is 23.2 Å². The van der Waals surface area contributed by atoms with Crippen molar-refractivity contribution in [2.75, 3.05) is 11.9 Å². The van der Waals surface area contributed by atoms with Crippen molar-refractivity contribution in [2.45, 2.75) is 12.5 Å². The molecule has 0 aliphatic carbocycles. The normalized spacial score (nSPS) is 12.0. The lowest BCUT2D eigenvalue weighted by atomic mass is 10.2. The van der Waals surface area contributed by atoms with Crippen LogP contribution in [-0.2, 0) is 4.79 Å². The summed E-state index contributed by atoms with van der Waals surface area (Å²) in [5, 5.41) is 17.6. The average Bonchev–Trinajstić information content (AvgIpc) is 3.20. The maximum Gasteiger partial charge on any atom is 0.266 e. The Bertz CT molecular complexity index is 1220. The van der Waals surface area contributed by atoms with Gasteiger partial charge in [0.05, 0.1) is 16.2 Å². The zero-order chi connectivity index (χ0) is 21.8. The van der Waals surface area contributed by atoms with E-state index in [0.717, 1.165) is 0 Å². The molecule has 12 heteroatoms. The first-order chi connectivity index (χ1) is 15.1. The van der Waals surface area contributed by atoms with Gasteiger partial charge >= 0.3 is 0 Å². The maximum atomic E-state index is 12.7. The standard InChI is InChI=1S/C19H15Cl2N7O3/c20-11-3-4-15(23-8-11)27-18(30)14(5-7-29)31-19-12-9-26-28(16(12)24-10-25-19)17-13(21)2-1-6-22-17/h1-4,6,8-10,14,29H,5,7H2,(H,23,27,30)/t14-/m0/s1. The molecule has 4 aromatic heterocycles. The minimum Gasteiger partial charge on any atom is -0.464 e. The summed E-state index contributed by atoms with van der Waals surface area (Å²) in [7, 11) is 0. The number of hydrogen-bond acceptors (Lipinski definition) is 8. The van der Waals surface area contributed by atoms with Gasteiger partial charge in [0.25, 0.3) is 5.91 Å². The Morgan fingerprint density at radius 3 is 2.77 bits per heavy atom. The Balaban J connectivity index is 1.62. The van der Waals surface area contributed by atoms with Gasteiger partial charge in [0.15, 0.2) is 17.6 Å². The van der Waals surface area contributed by atoms with E-state index in [2.05, 4.69) is 30.4 Å². The number of nitrogens with one attached hydrogen (secondary N) is 1. The van der Waals surface area contributed by atoms with E-state index in [1.807, 2.05) is 0 Å². The highest BCUT2D eigenvalue weighted by atomic mass is 35.5. The number of amides is 1. The smallest absolute Gasteiger partial charge is 0.266 e. The number of ether oxygens (including phenoxy) is 1. The van der Waals surface area contributed by atoms with Crippen LogP contribution in [0, 0.1) is 0 Å². The summed E-state index contributed by atoms with van der Waals surface area (Å²) in [6.07, 6.45) is 4.75. The number of aliphatic hydroxyl groups is 1. The van der Waals surface area contributed by atoms with Crippen LogP contribution in [0.3, 0.4) is 0 Å². The Morgan fingerprint density at radius 1 is 1.16 bits per heavy atom. The number of anilines is 1. The molecule has 0 saturated heterocycles. The number of carbonyl (C=O) groups is 1. The number of aliphatic hydroxyl groups excluding tert-OH is 1. The molecule has 4 heterocycles. The lowest BCUT2D eigenvalue weighted by Gasteiger charge is -2.17. The van der Waals surface area contributed by atoms with Crippen molar-refractivity contribution >= 4 is 46.0 Å². The Kier molecular flexibility index (Phi) is 6.21. The summed E-state index contributed by atoms with van der Waals surface area (Å²) in [5.41, 5.74) is 0.396. The lowest BCUT2D eigenvalue weighted by Crippen LogP contribution is -2.34. The summed E-state index contributed by atoms with van der Waals surface area (Å²) >= 11 is 12.0. The monoisotopic (exact) mass is 459 g/mol. The summed E-state index contributed by atoms with van der Waals surface area (Å²) in [6.45, 7) is -0.275. The van der Waals surface area contributed by atoms with Gasteiger partial charge in [0.2, 0.25) is 5.88 Å². The van der Waals surface area contributed by atoms with Gasteiger partial charge in [-0.05, 0) is 24.3 Å². The van der Waals surface area contributed by atoms with E-state index in [-0.39, 0.29) is 18.9 Å². The van der Waals surface area contributed by atoms with Crippen molar-refractivity contribution in [3.8, 4) is 11.7 Å². The molecule has 0 spiro atoms. The Hall–Kier alpha value is -3.34. The van der Waals surface area contributed by atoms with Crippen LogP contribution in [-0.4, -0.2) is 53.4 Å². The molecule has 4 rings (SSSR count). The predicted octanol–water partition coefficient (Wildman–Crippen LogP) is 2.68. The molecule has 10 nitrogen and oxygen atoms in total. The molecule has 0 radical (unpaired) electrons. The second kappa shape index (κ2) is 9.21. The van der Waals surface area contributed by atoms with Crippen LogP contribution >= 0.6 is 23.2 Å². The van der Waals surface area contributed by atoms with Gasteiger partial charge in [-0.25, -0.2) is 19.9 Å². The molecule has 0 fully saturated rings. The molecule has 1 amide bonds. The zero-order valence-corrected chi connectivity index (χ0v) is 17.3. The third kappa shape index (κ3) is 4.55. The van der Waals surface area contributed by atoms with Crippen molar-refractivity contribution in [3.05, 3.63) is 59.2 Å². The summed E-state index contributed by atoms with van der Waals surface area (Å²) in [5.74, 6) is 0.311. The molecule has 0 bridgehead atoms. The topological polar surface area (TPSA) is 128 Å². The molecule has 2 N–H and O–H groups in total. The van der Waals surface area contributed by atoms with Crippen molar-refractivity contribution in [1.29, 1.82) is 0 Å². The van der Waals surface area contributed by atoms with Gasteiger partial charge in [-0.15, -0.1) is 0 Å². The predicted molar refractivity (Wildman–Crippen MR) is 113 cm³/mol. The number of carbonyl (C=O) groups excluding carboxylic acids is 1. The van der Waals surface area contributed by atoms with E-state index >= 15 is 0 Å². The van der Waals surface area contributed by atoms with E-state index in [9.17, 15) is 9.90 Å². The number of aromatic nitrogens is 6. The summed E-state index contributed by atoms with van der Waals surface area (Å²) in [4.78, 5) is 29.3. The van der Waals surface area contributed by atoms with Crippen LogP contribution in [0.1, 0.15) is 6.42 Å². The van der Waals surface area contributed by atoms with Crippen LogP contribution in [0.5, 0.6) is 5.88 Å². The molecule has 0 aromatic carbocycles. The fraction of sp³-hybridized carbons (Fsp3) is 0.158. The van der Waals surface area contributed by atoms with E-state index in [1.165, 1.54) is 23.4 Å². The molecule has 1 atom stereocenters. The van der Waals surface area contributed by atoms with Crippen molar-refractivity contribution in [2.24, 2.45) is 0 Å². The average molecular weight is 460 g/mol. The fourth-order valence-corrected chi connectivity index (χ4v) is 3.07. The van der Waals surface area contributed by atoms with Crippen LogP contribution in [0.25, 0.3) is 16.9 Å². The van der Waals surface area contributed by atoms with Crippen LogP contribution in [0.2, 0.25) is 10.0 Å². The van der Waals surface area contributed by atoms with Crippen molar-refractivity contribution in [3.63, 3.8) is 0 Å². The molecule has 4 aromatic rings. The van der Waals surface area contributed by atoms with Crippen LogP contribution < -0.4 is 10.1 Å². The van der Waals surface area contributed by atoms with E-state index in [1.54, 1.807) is 30.5 Å². The van der Waals surface area contributed by atoms with E-state index in [4.69, 9.17) is 27.9 Å². The Morgan fingerprint density at radius 2 is 2.03 bits per heavy atom. The van der Waals surface area contributed by atoms with Gasteiger partial charge in [0, 0.05) is 25.4 Å². The molecular formula is C19H15Cl2N7O3. The number of rotatable bonds is 7. The third-order valence-corrected chi connectivity index (χ3v) is 4.70. The quantitative estimate of drug-likeness (QED) is 0.431. The highest BCUT2D eigenvalue weighted by molar-refractivity contribution is 6.32. The molecule has 158 valence electrons. The first-order valence-electron chi connectivity index (χ1n) is 9.06. The largest absolute Gasteiger partial charge is 0.464 e. The third-order valence-electron chi connectivity index (χ3n) is 4.19. The number of hydrogen-bond donors (Lipinski definition) is 2. The summed E-state index contributed by atoms with van der Waals surface area (Å²) < 4.78 is 7.27. The molecule has 31 heavy (non-hydrogen) atoms. The number of halogens is 2. The van der Waals surface area contributed by atoms with Crippen LogP contribution in [0.15, 0.2) is 49.2 Å². The molecular weight excluding hydrogens is 445 g/mol. The first kappa shape index (κ1) is 20.9. The van der Waals surface area contributed by atoms with Gasteiger partial charge in [0.1, 0.15) is 17.5 Å².